The highest BCUT2D eigenvalue weighted by Gasteiger charge is 2.44. The summed E-state index contributed by atoms with van der Waals surface area (Å²) in [4.78, 5) is 44.1. The van der Waals surface area contributed by atoms with Gasteiger partial charge in [0.1, 0.15) is 12.1 Å². The molecule has 1 aromatic heterocycles. The van der Waals surface area contributed by atoms with Crippen molar-refractivity contribution >= 4 is 17.8 Å². The SMILES string of the molecule is CCOCCNC(=O)C(c1ncn(C)n1)N1CCCC2(CCCN(C(=O)c3ccc(OC)cc3)C2)C1.O=C(O)C(F)(F)F. The van der Waals surface area contributed by atoms with Gasteiger partial charge < -0.3 is 24.8 Å². The van der Waals surface area contributed by atoms with Crippen LogP contribution in [0.4, 0.5) is 13.2 Å². The topological polar surface area (TPSA) is 139 Å². The number of halogens is 3. The van der Waals surface area contributed by atoms with Crippen molar-refractivity contribution < 1.29 is 42.1 Å². The van der Waals surface area contributed by atoms with Crippen LogP contribution >= 0.6 is 0 Å². The molecule has 2 aromatic rings. The first-order valence-corrected chi connectivity index (χ1v) is 14.1. The number of aryl methyl sites for hydroxylation is 1. The Hall–Kier alpha value is -3.72. The van der Waals surface area contributed by atoms with E-state index in [0.29, 0.717) is 37.7 Å². The van der Waals surface area contributed by atoms with Crippen LogP contribution in [-0.4, -0.2) is 107 Å². The summed E-state index contributed by atoms with van der Waals surface area (Å²) >= 11 is 0. The molecule has 0 radical (unpaired) electrons. The number of benzene rings is 1. The number of carboxylic acid groups (broad SMARTS) is 1. The summed E-state index contributed by atoms with van der Waals surface area (Å²) in [6.07, 6.45) is 0.517. The largest absolute Gasteiger partial charge is 0.497 e. The van der Waals surface area contributed by atoms with Crippen molar-refractivity contribution in [1.29, 1.82) is 0 Å². The lowest BCUT2D eigenvalue weighted by Crippen LogP contribution is -2.55. The number of aliphatic carboxylic acids is 1. The molecule has 2 aliphatic rings. The maximum absolute atomic E-state index is 13.3. The lowest BCUT2D eigenvalue weighted by atomic mass is 9.73. The minimum Gasteiger partial charge on any atom is -0.497 e. The zero-order chi connectivity index (χ0) is 31.6. The standard InChI is InChI=1S/C26H38N6O4.C2HF3O2/c1-4-36-16-13-27-24(33)22(23-28-19-30(2)29-23)31-14-5-11-26(17-31)12-6-15-32(18-26)25(34)20-7-9-21(35-3)10-8-20;3-2(4,5)1(6)7/h7-10,19,22H,4-6,11-18H2,1-3H3,(H,27,33);(H,6,7). The summed E-state index contributed by atoms with van der Waals surface area (Å²) in [6, 6.07) is 6.72. The van der Waals surface area contributed by atoms with Gasteiger partial charge >= 0.3 is 12.1 Å². The molecule has 2 atom stereocenters. The van der Waals surface area contributed by atoms with E-state index in [1.807, 2.05) is 43.1 Å². The monoisotopic (exact) mass is 612 g/mol. The van der Waals surface area contributed by atoms with Crippen LogP contribution in [0.5, 0.6) is 5.75 Å². The van der Waals surface area contributed by atoms with Crippen LogP contribution in [0.15, 0.2) is 30.6 Å². The van der Waals surface area contributed by atoms with Gasteiger partial charge in [0.25, 0.3) is 5.91 Å². The molecule has 43 heavy (non-hydrogen) atoms. The van der Waals surface area contributed by atoms with Crippen molar-refractivity contribution in [2.24, 2.45) is 12.5 Å². The molecule has 4 rings (SSSR count). The number of nitrogens with zero attached hydrogens (tertiary/aromatic N) is 5. The number of carboxylic acids is 1. The first-order chi connectivity index (χ1) is 20.4. The number of methoxy groups -OCH3 is 1. The van der Waals surface area contributed by atoms with Crippen molar-refractivity contribution in [3.63, 3.8) is 0 Å². The minimum atomic E-state index is -5.08. The normalized spacial score (nSPS) is 19.7. The number of carbonyl (C=O) groups excluding carboxylic acids is 2. The molecule has 1 spiro atoms. The third kappa shape index (κ3) is 9.38. The van der Waals surface area contributed by atoms with E-state index in [9.17, 15) is 22.8 Å². The van der Waals surface area contributed by atoms with Crippen LogP contribution in [0.2, 0.25) is 0 Å². The average Bonchev–Trinajstić information content (AvgIpc) is 3.40. The molecule has 2 N–H and O–H groups in total. The number of hydrogen-bond donors (Lipinski definition) is 2. The second-order valence-electron chi connectivity index (χ2n) is 10.6. The molecular formula is C28H39F3N6O6. The molecule has 0 bridgehead atoms. The zero-order valence-corrected chi connectivity index (χ0v) is 24.6. The van der Waals surface area contributed by atoms with Gasteiger partial charge in [0.2, 0.25) is 5.91 Å². The lowest BCUT2D eigenvalue weighted by Gasteiger charge is -2.49. The molecule has 12 nitrogen and oxygen atoms in total. The van der Waals surface area contributed by atoms with E-state index in [2.05, 4.69) is 20.3 Å². The maximum atomic E-state index is 13.3. The molecule has 238 valence electrons. The summed E-state index contributed by atoms with van der Waals surface area (Å²) in [6.45, 7) is 6.40. The van der Waals surface area contributed by atoms with Crippen molar-refractivity contribution in [3.8, 4) is 5.75 Å². The average molecular weight is 613 g/mol. The third-order valence-electron chi connectivity index (χ3n) is 7.44. The number of amides is 2. The van der Waals surface area contributed by atoms with Gasteiger partial charge in [0, 0.05) is 50.8 Å². The Bertz CT molecular complexity index is 1220. The Morgan fingerprint density at radius 3 is 2.33 bits per heavy atom. The highest BCUT2D eigenvalue weighted by atomic mass is 19.4. The number of aromatic nitrogens is 3. The Labute approximate surface area is 248 Å². The fraction of sp³-hybridized carbons (Fsp3) is 0.607. The van der Waals surface area contributed by atoms with E-state index in [1.54, 1.807) is 18.1 Å². The first-order valence-electron chi connectivity index (χ1n) is 14.1. The summed E-state index contributed by atoms with van der Waals surface area (Å²) < 4.78 is 44.0. The molecule has 0 aliphatic carbocycles. The van der Waals surface area contributed by atoms with E-state index < -0.39 is 18.2 Å². The maximum Gasteiger partial charge on any atom is 0.490 e. The predicted molar refractivity (Wildman–Crippen MR) is 148 cm³/mol. The van der Waals surface area contributed by atoms with Gasteiger partial charge in [-0.15, -0.1) is 0 Å². The quantitative estimate of drug-likeness (QED) is 0.409. The van der Waals surface area contributed by atoms with Gasteiger partial charge in [-0.05, 0) is 63.4 Å². The van der Waals surface area contributed by atoms with Gasteiger partial charge in [-0.3, -0.25) is 19.2 Å². The fourth-order valence-electron chi connectivity index (χ4n) is 5.51. The number of alkyl halides is 3. The summed E-state index contributed by atoms with van der Waals surface area (Å²) in [5, 5.41) is 14.6. The second-order valence-corrected chi connectivity index (χ2v) is 10.6. The Morgan fingerprint density at radius 1 is 1.12 bits per heavy atom. The lowest BCUT2D eigenvalue weighted by molar-refractivity contribution is -0.192. The Morgan fingerprint density at radius 2 is 1.77 bits per heavy atom. The summed E-state index contributed by atoms with van der Waals surface area (Å²) in [5.74, 6) is -1.58. The van der Waals surface area contributed by atoms with Crippen LogP contribution in [0.1, 0.15) is 54.8 Å². The number of likely N-dealkylation sites (tertiary alicyclic amines) is 2. The number of carbonyl (C=O) groups is 3. The first kappa shape index (κ1) is 33.8. The molecule has 15 heteroatoms. The molecule has 2 aliphatic heterocycles. The van der Waals surface area contributed by atoms with Gasteiger partial charge in [-0.1, -0.05) is 0 Å². The van der Waals surface area contributed by atoms with Crippen LogP contribution in [0.25, 0.3) is 0 Å². The van der Waals surface area contributed by atoms with Gasteiger partial charge in [0.05, 0.1) is 13.7 Å². The molecule has 2 amide bonds. The minimum absolute atomic E-state index is 0.0467. The molecule has 1 aromatic carbocycles. The number of piperidine rings is 2. The smallest absolute Gasteiger partial charge is 0.490 e. The van der Waals surface area contributed by atoms with E-state index in [4.69, 9.17) is 19.4 Å². The highest BCUT2D eigenvalue weighted by Crippen LogP contribution is 2.41. The molecule has 2 saturated heterocycles. The molecule has 3 heterocycles. The molecule has 2 unspecified atom stereocenters. The number of ether oxygens (including phenoxy) is 2. The molecule has 2 fully saturated rings. The van der Waals surface area contributed by atoms with Crippen LogP contribution in [0.3, 0.4) is 0 Å². The van der Waals surface area contributed by atoms with Gasteiger partial charge in [-0.25, -0.2) is 9.78 Å². The van der Waals surface area contributed by atoms with Crippen molar-refractivity contribution in [2.45, 2.75) is 44.8 Å². The summed E-state index contributed by atoms with van der Waals surface area (Å²) in [5.41, 5.74) is 0.613. The van der Waals surface area contributed by atoms with Gasteiger partial charge in [-0.2, -0.15) is 18.3 Å². The van der Waals surface area contributed by atoms with E-state index in [0.717, 1.165) is 51.1 Å². The fourth-order valence-corrected chi connectivity index (χ4v) is 5.51. The number of nitrogens with one attached hydrogen (secondary N) is 1. The molecule has 0 saturated carbocycles. The van der Waals surface area contributed by atoms with Crippen LogP contribution in [-0.2, 0) is 21.4 Å². The Balaban J connectivity index is 0.000000646. The number of rotatable bonds is 9. The summed E-state index contributed by atoms with van der Waals surface area (Å²) in [7, 11) is 3.43. The van der Waals surface area contributed by atoms with Crippen molar-refractivity contribution in [3.05, 3.63) is 42.0 Å². The van der Waals surface area contributed by atoms with E-state index >= 15 is 0 Å². The second kappa shape index (κ2) is 15.1. The molecular weight excluding hydrogens is 573 g/mol. The van der Waals surface area contributed by atoms with Crippen molar-refractivity contribution in [2.75, 3.05) is 53.0 Å². The van der Waals surface area contributed by atoms with E-state index in [1.165, 1.54) is 0 Å². The van der Waals surface area contributed by atoms with Gasteiger partial charge in [0.15, 0.2) is 11.9 Å². The van der Waals surface area contributed by atoms with Crippen molar-refractivity contribution in [1.82, 2.24) is 29.9 Å². The number of hydrogen-bond acceptors (Lipinski definition) is 8. The Kier molecular flexibility index (Phi) is 11.9. The predicted octanol–water partition coefficient (Wildman–Crippen LogP) is 2.67. The zero-order valence-electron chi connectivity index (χ0n) is 24.6. The van der Waals surface area contributed by atoms with Crippen LogP contribution in [0, 0.1) is 5.41 Å². The van der Waals surface area contributed by atoms with Crippen LogP contribution < -0.4 is 10.1 Å². The highest BCUT2D eigenvalue weighted by molar-refractivity contribution is 5.94. The third-order valence-corrected chi connectivity index (χ3v) is 7.44. The van der Waals surface area contributed by atoms with E-state index in [-0.39, 0.29) is 17.2 Å².